The van der Waals surface area contributed by atoms with E-state index in [1.54, 1.807) is 6.92 Å². The number of ether oxygens (including phenoxy) is 1. The number of nitrogens with zero attached hydrogens (tertiary/aromatic N) is 1. The molecule has 3 nitrogen and oxygen atoms in total. The summed E-state index contributed by atoms with van der Waals surface area (Å²) in [6.07, 6.45) is -3.64. The molecule has 0 aliphatic carbocycles. The van der Waals surface area contributed by atoms with E-state index < -0.39 is 11.7 Å². The van der Waals surface area contributed by atoms with Crippen LogP contribution in [0.15, 0.2) is 18.3 Å². The van der Waals surface area contributed by atoms with Crippen molar-refractivity contribution in [1.29, 1.82) is 0 Å². The van der Waals surface area contributed by atoms with Gasteiger partial charge < -0.3 is 10.5 Å². The molecule has 0 radical (unpaired) electrons. The van der Waals surface area contributed by atoms with Gasteiger partial charge in [-0.15, -0.1) is 0 Å². The van der Waals surface area contributed by atoms with Gasteiger partial charge in [0.05, 0.1) is 5.56 Å². The largest absolute Gasteiger partial charge is 0.476 e. The van der Waals surface area contributed by atoms with Gasteiger partial charge in [0.25, 0.3) is 0 Å². The van der Waals surface area contributed by atoms with Gasteiger partial charge in [-0.3, -0.25) is 0 Å². The van der Waals surface area contributed by atoms with Gasteiger partial charge in [0.15, 0.2) is 0 Å². The molecule has 0 spiro atoms. The smallest absolute Gasteiger partial charge is 0.417 e. The molecule has 1 aromatic heterocycles. The van der Waals surface area contributed by atoms with Crippen LogP contribution in [0.4, 0.5) is 13.2 Å². The van der Waals surface area contributed by atoms with Crippen molar-refractivity contribution in [3.8, 4) is 5.88 Å². The lowest BCUT2D eigenvalue weighted by Crippen LogP contribution is -2.23. The third-order valence-corrected chi connectivity index (χ3v) is 1.56. The van der Waals surface area contributed by atoms with Crippen LogP contribution in [0.5, 0.6) is 5.88 Å². The third kappa shape index (κ3) is 3.75. The Morgan fingerprint density at radius 3 is 2.53 bits per heavy atom. The minimum absolute atomic E-state index is 0.139. The van der Waals surface area contributed by atoms with Crippen molar-refractivity contribution >= 4 is 0 Å². The number of halogens is 3. The van der Waals surface area contributed by atoms with Gasteiger partial charge in [-0.2, -0.15) is 13.2 Å². The van der Waals surface area contributed by atoms with Crippen LogP contribution in [0.1, 0.15) is 12.5 Å². The van der Waals surface area contributed by atoms with Gasteiger partial charge in [-0.25, -0.2) is 4.98 Å². The van der Waals surface area contributed by atoms with Gasteiger partial charge in [-0.1, -0.05) is 0 Å². The molecule has 0 saturated carbocycles. The maximum absolute atomic E-state index is 12.1. The molecule has 1 heterocycles. The molecule has 0 aliphatic heterocycles. The van der Waals surface area contributed by atoms with Crippen molar-refractivity contribution in [1.82, 2.24) is 4.98 Å². The first-order chi connectivity index (χ1) is 6.89. The maximum Gasteiger partial charge on any atom is 0.417 e. The monoisotopic (exact) mass is 220 g/mol. The molecule has 1 aromatic rings. The molecule has 84 valence electrons. The minimum Gasteiger partial charge on any atom is -0.476 e. The van der Waals surface area contributed by atoms with Crippen molar-refractivity contribution in [2.24, 2.45) is 5.73 Å². The Morgan fingerprint density at radius 1 is 1.47 bits per heavy atom. The molecular formula is C9H11F3N2O. The standard InChI is InChI=1S/C9H11F3N2O/c1-6(13)5-15-8-3-2-7(4-14-8)9(10,11)12/h2-4,6H,5,13H2,1H3/t6-/m0/s1. The summed E-state index contributed by atoms with van der Waals surface area (Å²) >= 11 is 0. The summed E-state index contributed by atoms with van der Waals surface area (Å²) < 4.78 is 41.4. The van der Waals surface area contributed by atoms with Crippen LogP contribution in [0.25, 0.3) is 0 Å². The molecule has 15 heavy (non-hydrogen) atoms. The zero-order chi connectivity index (χ0) is 11.5. The van der Waals surface area contributed by atoms with Crippen LogP contribution >= 0.6 is 0 Å². The van der Waals surface area contributed by atoms with E-state index in [-0.39, 0.29) is 18.5 Å². The van der Waals surface area contributed by atoms with E-state index in [2.05, 4.69) is 4.98 Å². The van der Waals surface area contributed by atoms with Crippen LogP contribution < -0.4 is 10.5 Å². The lowest BCUT2D eigenvalue weighted by atomic mass is 10.3. The number of pyridine rings is 1. The first-order valence-corrected chi connectivity index (χ1v) is 4.31. The predicted octanol–water partition coefficient (Wildman–Crippen LogP) is 1.83. The third-order valence-electron chi connectivity index (χ3n) is 1.56. The highest BCUT2D eigenvalue weighted by molar-refractivity contribution is 5.20. The second-order valence-electron chi connectivity index (χ2n) is 3.17. The zero-order valence-electron chi connectivity index (χ0n) is 8.08. The van der Waals surface area contributed by atoms with Crippen molar-refractivity contribution < 1.29 is 17.9 Å². The lowest BCUT2D eigenvalue weighted by molar-refractivity contribution is -0.137. The molecule has 0 unspecified atom stereocenters. The first-order valence-electron chi connectivity index (χ1n) is 4.31. The van der Waals surface area contributed by atoms with E-state index in [4.69, 9.17) is 10.5 Å². The van der Waals surface area contributed by atoms with Crippen molar-refractivity contribution in [3.05, 3.63) is 23.9 Å². The Bertz CT molecular complexity index is 308. The number of hydrogen-bond donors (Lipinski definition) is 1. The maximum atomic E-state index is 12.1. The fourth-order valence-corrected chi connectivity index (χ4v) is 0.850. The summed E-state index contributed by atoms with van der Waals surface area (Å²) in [5.74, 6) is 0.139. The van der Waals surface area contributed by atoms with E-state index in [1.165, 1.54) is 6.07 Å². The Hall–Kier alpha value is -1.30. The van der Waals surface area contributed by atoms with Gasteiger partial charge in [-0.05, 0) is 13.0 Å². The second-order valence-corrected chi connectivity index (χ2v) is 3.17. The summed E-state index contributed by atoms with van der Waals surface area (Å²) in [7, 11) is 0. The second kappa shape index (κ2) is 4.48. The fourth-order valence-electron chi connectivity index (χ4n) is 0.850. The fraction of sp³-hybridized carbons (Fsp3) is 0.444. The normalized spacial score (nSPS) is 13.7. The average Bonchev–Trinajstić information content (AvgIpc) is 2.14. The summed E-state index contributed by atoms with van der Waals surface area (Å²) in [4.78, 5) is 3.52. The molecule has 1 rings (SSSR count). The molecule has 0 bridgehead atoms. The predicted molar refractivity (Wildman–Crippen MR) is 48.4 cm³/mol. The van der Waals surface area contributed by atoms with Crippen LogP contribution in [0.2, 0.25) is 0 Å². The van der Waals surface area contributed by atoms with E-state index in [1.807, 2.05) is 0 Å². The van der Waals surface area contributed by atoms with Gasteiger partial charge >= 0.3 is 6.18 Å². The number of alkyl halides is 3. The van der Waals surface area contributed by atoms with Crippen molar-refractivity contribution in [2.45, 2.75) is 19.1 Å². The number of nitrogens with two attached hydrogens (primary N) is 1. The average molecular weight is 220 g/mol. The molecule has 0 amide bonds. The van der Waals surface area contributed by atoms with Crippen molar-refractivity contribution in [2.75, 3.05) is 6.61 Å². The zero-order valence-corrected chi connectivity index (χ0v) is 8.08. The van der Waals surface area contributed by atoms with Crippen molar-refractivity contribution in [3.63, 3.8) is 0 Å². The Kier molecular flexibility index (Phi) is 3.52. The molecule has 0 saturated heterocycles. The van der Waals surface area contributed by atoms with E-state index in [0.29, 0.717) is 0 Å². The highest BCUT2D eigenvalue weighted by Gasteiger charge is 2.30. The van der Waals surface area contributed by atoms with E-state index in [0.717, 1.165) is 12.3 Å². The van der Waals surface area contributed by atoms with Gasteiger partial charge in [0.2, 0.25) is 5.88 Å². The molecule has 2 N–H and O–H groups in total. The van der Waals surface area contributed by atoms with Crippen LogP contribution in [-0.4, -0.2) is 17.6 Å². The summed E-state index contributed by atoms with van der Waals surface area (Å²) in [5.41, 5.74) is 4.61. The highest BCUT2D eigenvalue weighted by Crippen LogP contribution is 2.29. The Labute approximate surface area is 85.1 Å². The van der Waals surface area contributed by atoms with Crippen LogP contribution in [0.3, 0.4) is 0 Å². The Balaban J connectivity index is 2.65. The molecule has 1 atom stereocenters. The Morgan fingerprint density at radius 2 is 2.13 bits per heavy atom. The molecule has 6 heteroatoms. The van der Waals surface area contributed by atoms with Crippen LogP contribution in [-0.2, 0) is 6.18 Å². The summed E-state index contributed by atoms with van der Waals surface area (Å²) in [6, 6.07) is 1.91. The number of rotatable bonds is 3. The number of hydrogen-bond acceptors (Lipinski definition) is 3. The molecular weight excluding hydrogens is 209 g/mol. The van der Waals surface area contributed by atoms with Gasteiger partial charge in [0, 0.05) is 18.3 Å². The SMILES string of the molecule is C[C@H](N)COc1ccc(C(F)(F)F)cn1. The molecule has 0 aliphatic rings. The number of aromatic nitrogens is 1. The summed E-state index contributed by atoms with van der Waals surface area (Å²) in [5, 5.41) is 0. The lowest BCUT2D eigenvalue weighted by Gasteiger charge is -2.09. The molecule has 0 aromatic carbocycles. The van der Waals surface area contributed by atoms with E-state index >= 15 is 0 Å². The topological polar surface area (TPSA) is 48.1 Å². The van der Waals surface area contributed by atoms with Gasteiger partial charge in [0.1, 0.15) is 6.61 Å². The first kappa shape index (κ1) is 11.8. The van der Waals surface area contributed by atoms with E-state index in [9.17, 15) is 13.2 Å². The minimum atomic E-state index is -4.37. The van der Waals surface area contributed by atoms with Crippen LogP contribution in [0, 0.1) is 0 Å². The summed E-state index contributed by atoms with van der Waals surface area (Å²) in [6.45, 7) is 1.95. The quantitative estimate of drug-likeness (QED) is 0.845. The molecule has 0 fully saturated rings. The highest BCUT2D eigenvalue weighted by atomic mass is 19.4.